The zero-order valence-corrected chi connectivity index (χ0v) is 5.72. The van der Waals surface area contributed by atoms with Crippen LogP contribution in [0.3, 0.4) is 0 Å². The van der Waals surface area contributed by atoms with Crippen molar-refractivity contribution in [3.63, 3.8) is 0 Å². The monoisotopic (exact) mass is 143 g/mol. The second-order valence-electron chi connectivity index (χ2n) is 2.50. The largest absolute Gasteiger partial charge is 0.378 e. The van der Waals surface area contributed by atoms with Crippen molar-refractivity contribution in [2.45, 2.75) is 19.0 Å². The molecule has 0 spiro atoms. The van der Waals surface area contributed by atoms with Gasteiger partial charge in [-0.3, -0.25) is 0 Å². The van der Waals surface area contributed by atoms with Gasteiger partial charge in [0, 0.05) is 18.9 Å². The highest BCUT2D eigenvalue weighted by Crippen LogP contribution is 2.20. The molecule has 1 rings (SSSR count). The maximum atomic E-state index is 12.8. The normalized spacial score (nSPS) is 33.2. The molecule has 10 heavy (non-hydrogen) atoms. The van der Waals surface area contributed by atoms with Crippen molar-refractivity contribution in [3.8, 4) is 6.07 Å². The van der Waals surface area contributed by atoms with Gasteiger partial charge >= 0.3 is 0 Å². The van der Waals surface area contributed by atoms with Crippen molar-refractivity contribution in [2.24, 2.45) is 5.92 Å². The number of ether oxygens (including phenoxy) is 1. The number of halogens is 1. The van der Waals surface area contributed by atoms with Crippen LogP contribution in [0.25, 0.3) is 0 Å². The van der Waals surface area contributed by atoms with Crippen LogP contribution in [0, 0.1) is 17.2 Å². The van der Waals surface area contributed by atoms with E-state index in [1.807, 2.05) is 6.07 Å². The smallest absolute Gasteiger partial charge is 0.127 e. The lowest BCUT2D eigenvalue weighted by molar-refractivity contribution is 0.000146. The quantitative estimate of drug-likeness (QED) is 0.553. The Balaban J connectivity index is 2.34. The van der Waals surface area contributed by atoms with Crippen molar-refractivity contribution in [1.82, 2.24) is 0 Å². The maximum absolute atomic E-state index is 12.8. The number of rotatable bonds is 1. The van der Waals surface area contributed by atoms with Gasteiger partial charge < -0.3 is 4.74 Å². The lowest BCUT2D eigenvalue weighted by atomic mass is 9.96. The van der Waals surface area contributed by atoms with Crippen LogP contribution >= 0.6 is 0 Å². The number of hydrogen-bond donors (Lipinski definition) is 0. The lowest BCUT2D eigenvalue weighted by Crippen LogP contribution is -2.28. The van der Waals surface area contributed by atoms with E-state index in [0.29, 0.717) is 19.4 Å². The van der Waals surface area contributed by atoms with Gasteiger partial charge in [-0.05, 0) is 6.42 Å². The predicted molar refractivity (Wildman–Crippen MR) is 34.1 cm³/mol. The van der Waals surface area contributed by atoms with Crippen LogP contribution in [0.1, 0.15) is 12.8 Å². The van der Waals surface area contributed by atoms with Gasteiger partial charge in [0.25, 0.3) is 0 Å². The summed E-state index contributed by atoms with van der Waals surface area (Å²) in [6, 6.07) is 1.97. The molecule has 1 aliphatic heterocycles. The fourth-order valence-corrected chi connectivity index (χ4v) is 1.09. The summed E-state index contributed by atoms with van der Waals surface area (Å²) in [5, 5.41) is 8.28. The van der Waals surface area contributed by atoms with Crippen molar-refractivity contribution in [3.05, 3.63) is 0 Å². The number of hydrogen-bond acceptors (Lipinski definition) is 2. The van der Waals surface area contributed by atoms with Crippen LogP contribution in [-0.4, -0.2) is 19.4 Å². The third-order valence-corrected chi connectivity index (χ3v) is 1.78. The standard InChI is InChI=1S/C7H10FNO/c8-7-5-10-4-2-6(7)1-3-9/h6-7H,1-2,4-5H2. The van der Waals surface area contributed by atoms with E-state index >= 15 is 0 Å². The van der Waals surface area contributed by atoms with Crippen LogP contribution < -0.4 is 0 Å². The Morgan fingerprint density at radius 1 is 1.70 bits per heavy atom. The molecule has 0 radical (unpaired) electrons. The van der Waals surface area contributed by atoms with E-state index in [1.54, 1.807) is 0 Å². The molecule has 3 heteroatoms. The van der Waals surface area contributed by atoms with Crippen LogP contribution in [-0.2, 0) is 4.74 Å². The van der Waals surface area contributed by atoms with Crippen LogP contribution in [0.2, 0.25) is 0 Å². The highest BCUT2D eigenvalue weighted by Gasteiger charge is 2.24. The second kappa shape index (κ2) is 3.52. The van der Waals surface area contributed by atoms with Gasteiger partial charge in [-0.15, -0.1) is 0 Å². The first-order chi connectivity index (χ1) is 4.84. The average Bonchev–Trinajstić information content (AvgIpc) is 1.94. The molecule has 1 saturated heterocycles. The van der Waals surface area contributed by atoms with Gasteiger partial charge in [0.15, 0.2) is 0 Å². The summed E-state index contributed by atoms with van der Waals surface area (Å²) in [5.41, 5.74) is 0. The summed E-state index contributed by atoms with van der Waals surface area (Å²) in [5.74, 6) is -0.0845. The first kappa shape index (κ1) is 7.49. The van der Waals surface area contributed by atoms with Crippen molar-refractivity contribution < 1.29 is 9.13 Å². The van der Waals surface area contributed by atoms with Gasteiger partial charge in [0.05, 0.1) is 12.7 Å². The second-order valence-corrected chi connectivity index (χ2v) is 2.50. The number of alkyl halides is 1. The fourth-order valence-electron chi connectivity index (χ4n) is 1.09. The third-order valence-electron chi connectivity index (χ3n) is 1.78. The van der Waals surface area contributed by atoms with Crippen LogP contribution in [0.15, 0.2) is 0 Å². The molecule has 0 bridgehead atoms. The fraction of sp³-hybridized carbons (Fsp3) is 0.857. The molecular weight excluding hydrogens is 133 g/mol. The molecule has 0 aromatic rings. The van der Waals surface area contributed by atoms with Crippen molar-refractivity contribution >= 4 is 0 Å². The Morgan fingerprint density at radius 3 is 3.10 bits per heavy atom. The van der Waals surface area contributed by atoms with E-state index in [-0.39, 0.29) is 12.5 Å². The van der Waals surface area contributed by atoms with E-state index in [1.165, 1.54) is 0 Å². The minimum absolute atomic E-state index is 0.0845. The Kier molecular flexibility index (Phi) is 2.64. The van der Waals surface area contributed by atoms with E-state index < -0.39 is 6.17 Å². The lowest BCUT2D eigenvalue weighted by Gasteiger charge is -2.23. The molecule has 1 aliphatic rings. The molecule has 2 nitrogen and oxygen atoms in total. The molecule has 0 N–H and O–H groups in total. The van der Waals surface area contributed by atoms with Crippen molar-refractivity contribution in [1.29, 1.82) is 5.26 Å². The summed E-state index contributed by atoms with van der Waals surface area (Å²) in [4.78, 5) is 0. The minimum atomic E-state index is -0.923. The van der Waals surface area contributed by atoms with Crippen LogP contribution in [0.5, 0.6) is 0 Å². The highest BCUT2D eigenvalue weighted by atomic mass is 19.1. The molecule has 2 atom stereocenters. The Bertz CT molecular complexity index is 143. The molecule has 0 saturated carbocycles. The summed E-state index contributed by atoms with van der Waals surface area (Å²) in [6.07, 6.45) is 0.0904. The Labute approximate surface area is 59.6 Å². The summed E-state index contributed by atoms with van der Waals surface area (Å²) >= 11 is 0. The summed E-state index contributed by atoms with van der Waals surface area (Å²) in [6.45, 7) is 0.777. The molecule has 0 aromatic heterocycles. The molecule has 0 aromatic carbocycles. The topological polar surface area (TPSA) is 33.0 Å². The SMILES string of the molecule is N#CCC1CCOCC1F. The maximum Gasteiger partial charge on any atom is 0.127 e. The predicted octanol–water partition coefficient (Wildman–Crippen LogP) is 1.27. The zero-order valence-electron chi connectivity index (χ0n) is 5.72. The van der Waals surface area contributed by atoms with E-state index in [4.69, 9.17) is 10.00 Å². The van der Waals surface area contributed by atoms with Crippen LogP contribution in [0.4, 0.5) is 4.39 Å². The van der Waals surface area contributed by atoms with Gasteiger partial charge in [-0.1, -0.05) is 0 Å². The summed E-state index contributed by atoms with van der Waals surface area (Å²) < 4.78 is 17.6. The molecule has 2 unspecified atom stereocenters. The third kappa shape index (κ3) is 1.68. The highest BCUT2D eigenvalue weighted by molar-refractivity contribution is 4.82. The van der Waals surface area contributed by atoms with E-state index in [2.05, 4.69) is 0 Å². The number of nitriles is 1. The van der Waals surface area contributed by atoms with E-state index in [0.717, 1.165) is 0 Å². The molecule has 56 valence electrons. The molecule has 1 fully saturated rings. The first-order valence-electron chi connectivity index (χ1n) is 3.43. The first-order valence-corrected chi connectivity index (χ1v) is 3.43. The number of nitrogens with zero attached hydrogens (tertiary/aromatic N) is 1. The van der Waals surface area contributed by atoms with Gasteiger partial charge in [-0.25, -0.2) is 4.39 Å². The van der Waals surface area contributed by atoms with Gasteiger partial charge in [0.1, 0.15) is 6.17 Å². The Morgan fingerprint density at radius 2 is 2.50 bits per heavy atom. The zero-order chi connectivity index (χ0) is 7.40. The average molecular weight is 143 g/mol. The van der Waals surface area contributed by atoms with Crippen molar-refractivity contribution in [2.75, 3.05) is 13.2 Å². The van der Waals surface area contributed by atoms with E-state index in [9.17, 15) is 4.39 Å². The summed E-state index contributed by atoms with van der Waals surface area (Å²) in [7, 11) is 0. The molecular formula is C7H10FNO. The molecule has 0 aliphatic carbocycles. The van der Waals surface area contributed by atoms with Gasteiger partial charge in [0.2, 0.25) is 0 Å². The molecule has 0 amide bonds. The molecule has 1 heterocycles. The van der Waals surface area contributed by atoms with Gasteiger partial charge in [-0.2, -0.15) is 5.26 Å². The Hall–Kier alpha value is -0.620. The minimum Gasteiger partial charge on any atom is -0.378 e.